The Morgan fingerprint density at radius 2 is 2.00 bits per heavy atom. The van der Waals surface area contributed by atoms with Gasteiger partial charge in [0.05, 0.1) is 30.6 Å². The van der Waals surface area contributed by atoms with Gasteiger partial charge in [0.25, 0.3) is 5.91 Å². The van der Waals surface area contributed by atoms with Crippen LogP contribution in [-0.4, -0.2) is 44.8 Å². The Labute approximate surface area is 222 Å². The smallest absolute Gasteiger partial charge is 0.265 e. The zero-order valence-corrected chi connectivity index (χ0v) is 22.5. The molecule has 1 fully saturated rings. The molecule has 0 aliphatic carbocycles. The molecule has 1 amide bonds. The molecule has 0 radical (unpaired) electrons. The number of methoxy groups -OCH3 is 1. The third-order valence-electron chi connectivity index (χ3n) is 8.33. The molecule has 4 heterocycles. The van der Waals surface area contributed by atoms with Gasteiger partial charge >= 0.3 is 0 Å². The number of ether oxygens (including phenoxy) is 2. The summed E-state index contributed by atoms with van der Waals surface area (Å²) in [6, 6.07) is 13.4. The number of fused-ring (bicyclic) bond motifs is 1. The topological polar surface area (TPSA) is 89.7 Å². The summed E-state index contributed by atoms with van der Waals surface area (Å²) in [5, 5.41) is 19.1. The number of amides is 1. The summed E-state index contributed by atoms with van der Waals surface area (Å²) in [5.74, 6) is 0.718. The normalized spacial score (nSPS) is 26.0. The maximum Gasteiger partial charge on any atom is 0.265 e. The molecule has 1 aromatic heterocycles. The molecule has 38 heavy (non-hydrogen) atoms. The standard InChI is InChI=1S/C30H34N4O4/c1-18-16-29(3,4)34-26-23(18)14-22(37-5)15-24(26)30(28(34)36)19(2)13-21(38-30)11-12-33-17-25(31-32-33)27(35)20-9-7-6-8-10-20/h6-10,14-17,19,21,27,35H,11-13H2,1-5H3/t19-,21+,27-,30+/m1/s1. The van der Waals surface area contributed by atoms with Crippen LogP contribution in [0.1, 0.15) is 69.0 Å². The van der Waals surface area contributed by atoms with E-state index in [1.807, 2.05) is 47.4 Å². The number of allylic oxidation sites excluding steroid dienone is 1. The number of aliphatic hydroxyl groups is 1. The SMILES string of the molecule is COc1cc2c3c(c1)[C@]1(O[C@@H](CCn4cc([C@H](O)c5ccccc5)nn4)C[C@H]1C)C(=O)N3C(C)(C)C=C2C. The van der Waals surface area contributed by atoms with E-state index in [0.29, 0.717) is 18.7 Å². The number of hydrogen-bond acceptors (Lipinski definition) is 6. The number of hydrogen-bond donors (Lipinski definition) is 1. The third kappa shape index (κ3) is 3.61. The Morgan fingerprint density at radius 3 is 2.74 bits per heavy atom. The minimum atomic E-state index is -1.05. The Balaban J connectivity index is 1.26. The fourth-order valence-electron chi connectivity index (χ4n) is 6.54. The fourth-order valence-corrected chi connectivity index (χ4v) is 6.54. The summed E-state index contributed by atoms with van der Waals surface area (Å²) in [4.78, 5) is 16.2. The van der Waals surface area contributed by atoms with Gasteiger partial charge in [0.15, 0.2) is 5.60 Å². The summed E-state index contributed by atoms with van der Waals surface area (Å²) in [7, 11) is 1.66. The molecule has 1 saturated heterocycles. The molecule has 0 bridgehead atoms. The van der Waals surface area contributed by atoms with E-state index in [-0.39, 0.29) is 17.9 Å². The van der Waals surface area contributed by atoms with Gasteiger partial charge in [-0.2, -0.15) is 0 Å². The molecule has 6 rings (SSSR count). The average molecular weight is 515 g/mol. The second-order valence-electron chi connectivity index (χ2n) is 11.3. The first-order valence-electron chi connectivity index (χ1n) is 13.2. The van der Waals surface area contributed by atoms with Gasteiger partial charge in [-0.15, -0.1) is 5.10 Å². The van der Waals surface area contributed by atoms with Gasteiger partial charge < -0.3 is 14.6 Å². The van der Waals surface area contributed by atoms with Crippen LogP contribution in [0.4, 0.5) is 5.69 Å². The molecule has 4 atom stereocenters. The van der Waals surface area contributed by atoms with Crippen molar-refractivity contribution in [3.63, 3.8) is 0 Å². The molecule has 1 N–H and O–H groups in total. The van der Waals surface area contributed by atoms with Crippen molar-refractivity contribution in [3.8, 4) is 5.75 Å². The molecule has 2 aromatic carbocycles. The number of benzene rings is 2. The fraction of sp³-hybridized carbons (Fsp3) is 0.433. The minimum Gasteiger partial charge on any atom is -0.497 e. The van der Waals surface area contributed by atoms with E-state index in [1.54, 1.807) is 18.0 Å². The average Bonchev–Trinajstić information content (AvgIpc) is 3.57. The zero-order valence-electron chi connectivity index (χ0n) is 22.5. The van der Waals surface area contributed by atoms with Gasteiger partial charge in [0.1, 0.15) is 17.5 Å². The molecule has 0 saturated carbocycles. The predicted octanol–water partition coefficient (Wildman–Crippen LogP) is 4.62. The summed E-state index contributed by atoms with van der Waals surface area (Å²) in [6.07, 6.45) is 4.41. The van der Waals surface area contributed by atoms with E-state index in [9.17, 15) is 9.90 Å². The van der Waals surface area contributed by atoms with E-state index in [0.717, 1.165) is 40.1 Å². The Hall–Kier alpha value is -3.49. The molecule has 3 aliphatic heterocycles. The summed E-state index contributed by atoms with van der Waals surface area (Å²) in [5.41, 5.74) is 3.78. The van der Waals surface area contributed by atoms with Crippen LogP contribution in [0.5, 0.6) is 5.75 Å². The van der Waals surface area contributed by atoms with Gasteiger partial charge in [-0.1, -0.05) is 48.5 Å². The molecule has 3 aromatic rings. The van der Waals surface area contributed by atoms with Gasteiger partial charge in [-0.05, 0) is 56.9 Å². The molecule has 8 nitrogen and oxygen atoms in total. The maximum absolute atomic E-state index is 14.2. The van der Waals surface area contributed by atoms with E-state index < -0.39 is 17.2 Å². The van der Waals surface area contributed by atoms with Gasteiger partial charge in [-0.25, -0.2) is 0 Å². The highest BCUT2D eigenvalue weighted by atomic mass is 16.5. The van der Waals surface area contributed by atoms with Crippen molar-refractivity contribution >= 4 is 17.2 Å². The van der Waals surface area contributed by atoms with Crippen LogP contribution in [0, 0.1) is 5.92 Å². The largest absolute Gasteiger partial charge is 0.497 e. The van der Waals surface area contributed by atoms with E-state index >= 15 is 0 Å². The van der Waals surface area contributed by atoms with Crippen LogP contribution in [0.25, 0.3) is 5.57 Å². The van der Waals surface area contributed by atoms with Crippen LogP contribution < -0.4 is 9.64 Å². The number of aryl methyl sites for hydroxylation is 1. The van der Waals surface area contributed by atoms with Crippen molar-refractivity contribution < 1.29 is 19.4 Å². The monoisotopic (exact) mass is 514 g/mol. The predicted molar refractivity (Wildman–Crippen MR) is 144 cm³/mol. The van der Waals surface area contributed by atoms with E-state index in [4.69, 9.17) is 9.47 Å². The lowest BCUT2D eigenvalue weighted by molar-refractivity contribution is -0.146. The van der Waals surface area contributed by atoms with Crippen LogP contribution in [-0.2, 0) is 21.7 Å². The minimum absolute atomic E-state index is 0.000205. The summed E-state index contributed by atoms with van der Waals surface area (Å²) < 4.78 is 14.2. The quantitative estimate of drug-likeness (QED) is 0.516. The molecular formula is C30H34N4O4. The van der Waals surface area contributed by atoms with Gasteiger partial charge in [0, 0.05) is 23.6 Å². The number of carbonyl (C=O) groups is 1. The van der Waals surface area contributed by atoms with Crippen LogP contribution in [0.3, 0.4) is 0 Å². The number of anilines is 1. The number of nitrogens with zero attached hydrogens (tertiary/aromatic N) is 4. The first-order valence-corrected chi connectivity index (χ1v) is 13.2. The molecule has 1 spiro atoms. The Bertz CT molecular complexity index is 1430. The number of aliphatic hydroxyl groups excluding tert-OH is 1. The number of aromatic nitrogens is 3. The molecule has 8 heteroatoms. The van der Waals surface area contributed by atoms with Crippen molar-refractivity contribution in [1.29, 1.82) is 0 Å². The van der Waals surface area contributed by atoms with Crippen molar-refractivity contribution in [2.45, 2.75) is 70.4 Å². The van der Waals surface area contributed by atoms with Crippen molar-refractivity contribution in [3.05, 3.63) is 77.1 Å². The molecular weight excluding hydrogens is 480 g/mol. The highest BCUT2D eigenvalue weighted by Gasteiger charge is 2.63. The first-order chi connectivity index (χ1) is 18.2. The second kappa shape index (κ2) is 8.78. The van der Waals surface area contributed by atoms with E-state index in [1.165, 1.54) is 0 Å². The van der Waals surface area contributed by atoms with Crippen molar-refractivity contribution in [1.82, 2.24) is 15.0 Å². The molecule has 3 aliphatic rings. The lowest BCUT2D eigenvalue weighted by Gasteiger charge is -2.39. The second-order valence-corrected chi connectivity index (χ2v) is 11.3. The van der Waals surface area contributed by atoms with Crippen molar-refractivity contribution in [2.24, 2.45) is 5.92 Å². The Morgan fingerprint density at radius 1 is 1.24 bits per heavy atom. The molecule has 0 unspecified atom stereocenters. The van der Waals surface area contributed by atoms with Crippen LogP contribution in [0.2, 0.25) is 0 Å². The number of carbonyl (C=O) groups excluding carboxylic acids is 1. The lowest BCUT2D eigenvalue weighted by Crippen LogP contribution is -2.52. The summed E-state index contributed by atoms with van der Waals surface area (Å²) >= 11 is 0. The molecule has 198 valence electrons. The summed E-state index contributed by atoms with van der Waals surface area (Å²) in [6.45, 7) is 8.93. The number of rotatable bonds is 6. The Kier molecular flexibility index (Phi) is 5.74. The van der Waals surface area contributed by atoms with Crippen molar-refractivity contribution in [2.75, 3.05) is 12.0 Å². The highest BCUT2D eigenvalue weighted by molar-refractivity contribution is 6.12. The van der Waals surface area contributed by atoms with Crippen LogP contribution >= 0.6 is 0 Å². The van der Waals surface area contributed by atoms with Gasteiger partial charge in [-0.3, -0.25) is 14.4 Å². The lowest BCUT2D eigenvalue weighted by atomic mass is 9.82. The van der Waals surface area contributed by atoms with Crippen LogP contribution in [0.15, 0.2) is 54.7 Å². The van der Waals surface area contributed by atoms with E-state index in [2.05, 4.69) is 44.1 Å². The highest BCUT2D eigenvalue weighted by Crippen LogP contribution is 2.59. The zero-order chi connectivity index (χ0) is 26.8. The first kappa shape index (κ1) is 24.8. The third-order valence-corrected chi connectivity index (χ3v) is 8.33. The maximum atomic E-state index is 14.2. The van der Waals surface area contributed by atoms with Gasteiger partial charge in [0.2, 0.25) is 0 Å².